The average molecular weight is 372 g/mol. The Kier molecular flexibility index (Phi) is 5.71. The van der Waals surface area contributed by atoms with Gasteiger partial charge >= 0.3 is 0 Å². The molecule has 0 aliphatic rings. The fourth-order valence-electron chi connectivity index (χ4n) is 2.51. The Balaban J connectivity index is 1.93. The van der Waals surface area contributed by atoms with Crippen molar-refractivity contribution in [3.63, 3.8) is 0 Å². The molecule has 0 amide bonds. The van der Waals surface area contributed by atoms with Crippen molar-refractivity contribution in [3.05, 3.63) is 65.2 Å². The summed E-state index contributed by atoms with van der Waals surface area (Å²) in [5, 5.41) is 3.78. The van der Waals surface area contributed by atoms with Gasteiger partial charge in [0, 0.05) is 18.5 Å². The molecule has 0 saturated heterocycles. The van der Waals surface area contributed by atoms with Crippen molar-refractivity contribution >= 4 is 28.9 Å². The summed E-state index contributed by atoms with van der Waals surface area (Å²) in [6, 6.07) is 7.92. The highest BCUT2D eigenvalue weighted by molar-refractivity contribution is 5.90. The molecule has 0 unspecified atom stereocenters. The maximum absolute atomic E-state index is 13.6. The summed E-state index contributed by atoms with van der Waals surface area (Å²) in [6.45, 7) is 1.41. The van der Waals surface area contributed by atoms with Gasteiger partial charge in [0.1, 0.15) is 11.6 Å². The molecule has 4 nitrogen and oxygen atoms in total. The number of nitrogens with zero attached hydrogens (tertiary/aromatic N) is 3. The predicted molar refractivity (Wildman–Crippen MR) is 102 cm³/mol. The molecule has 7 heteroatoms. The molecule has 0 spiro atoms. The molecule has 0 aliphatic carbocycles. The molecular formula is C20H19F3N4. The highest BCUT2D eigenvalue weighted by atomic mass is 19.2. The van der Waals surface area contributed by atoms with E-state index in [1.807, 2.05) is 19.0 Å². The third kappa shape index (κ3) is 4.83. The normalized spacial score (nSPS) is 11.6. The Morgan fingerprint density at radius 2 is 1.78 bits per heavy atom. The standard InChI is InChI=1S/C20H19F3N4/c1-27(2)10-9-24-20-15-12-14(21)5-7-18(15)25-19(26-20)8-4-13-3-6-16(22)17(23)11-13/h3-8,11-12H,9-10H2,1-2H3,(H,24,25,26)/b8-4+. The molecule has 1 N–H and O–H groups in total. The van der Waals surface area contributed by atoms with Crippen LogP contribution in [0.3, 0.4) is 0 Å². The molecule has 140 valence electrons. The second-order valence-corrected chi connectivity index (χ2v) is 6.33. The van der Waals surface area contributed by atoms with E-state index in [-0.39, 0.29) is 5.82 Å². The minimum Gasteiger partial charge on any atom is -0.368 e. The number of benzene rings is 2. The molecule has 2 aromatic carbocycles. The van der Waals surface area contributed by atoms with E-state index in [0.29, 0.717) is 34.7 Å². The highest BCUT2D eigenvalue weighted by Crippen LogP contribution is 2.22. The molecule has 0 aliphatic heterocycles. The second kappa shape index (κ2) is 8.18. The van der Waals surface area contributed by atoms with Crippen LogP contribution in [0.5, 0.6) is 0 Å². The molecule has 0 fully saturated rings. The van der Waals surface area contributed by atoms with E-state index in [2.05, 4.69) is 15.3 Å². The van der Waals surface area contributed by atoms with Gasteiger partial charge in [0.15, 0.2) is 17.5 Å². The second-order valence-electron chi connectivity index (χ2n) is 6.33. The SMILES string of the molecule is CN(C)CCNc1nc(/C=C/c2ccc(F)c(F)c2)nc2ccc(F)cc12. The number of rotatable bonds is 6. The molecule has 27 heavy (non-hydrogen) atoms. The Hall–Kier alpha value is -2.93. The van der Waals surface area contributed by atoms with Gasteiger partial charge in [-0.15, -0.1) is 0 Å². The van der Waals surface area contributed by atoms with Gasteiger partial charge in [-0.25, -0.2) is 23.1 Å². The van der Waals surface area contributed by atoms with Gasteiger partial charge in [0.05, 0.1) is 5.52 Å². The maximum atomic E-state index is 13.6. The van der Waals surface area contributed by atoms with Crippen molar-refractivity contribution < 1.29 is 13.2 Å². The first-order valence-electron chi connectivity index (χ1n) is 8.41. The minimum absolute atomic E-state index is 0.369. The van der Waals surface area contributed by atoms with Crippen molar-refractivity contribution in [2.45, 2.75) is 0 Å². The number of anilines is 1. The smallest absolute Gasteiger partial charge is 0.159 e. The van der Waals surface area contributed by atoms with Crippen LogP contribution in [0.2, 0.25) is 0 Å². The molecular weight excluding hydrogens is 353 g/mol. The fourth-order valence-corrected chi connectivity index (χ4v) is 2.51. The first-order chi connectivity index (χ1) is 12.9. The lowest BCUT2D eigenvalue weighted by molar-refractivity contribution is 0.425. The number of aromatic nitrogens is 2. The Morgan fingerprint density at radius 1 is 0.963 bits per heavy atom. The van der Waals surface area contributed by atoms with Gasteiger partial charge in [-0.3, -0.25) is 0 Å². The molecule has 0 saturated carbocycles. The van der Waals surface area contributed by atoms with E-state index < -0.39 is 11.6 Å². The summed E-state index contributed by atoms with van der Waals surface area (Å²) in [5.74, 6) is -1.29. The largest absolute Gasteiger partial charge is 0.368 e. The van der Waals surface area contributed by atoms with E-state index in [1.54, 1.807) is 18.2 Å². The number of hydrogen-bond acceptors (Lipinski definition) is 4. The van der Waals surface area contributed by atoms with Crippen LogP contribution in [0, 0.1) is 17.5 Å². The molecule has 1 heterocycles. The molecule has 3 rings (SSSR count). The number of halogens is 3. The zero-order chi connectivity index (χ0) is 19.4. The van der Waals surface area contributed by atoms with Crippen molar-refractivity contribution in [2.75, 3.05) is 32.5 Å². The van der Waals surface area contributed by atoms with Crippen LogP contribution < -0.4 is 5.32 Å². The van der Waals surface area contributed by atoms with Gasteiger partial charge in [0.2, 0.25) is 0 Å². The fraction of sp³-hybridized carbons (Fsp3) is 0.200. The number of nitrogens with one attached hydrogen (secondary N) is 1. The monoisotopic (exact) mass is 372 g/mol. The van der Waals surface area contributed by atoms with Crippen LogP contribution in [0.15, 0.2) is 36.4 Å². The summed E-state index contributed by atoms with van der Waals surface area (Å²) in [5.41, 5.74) is 1.07. The quantitative estimate of drug-likeness (QED) is 0.704. The Bertz CT molecular complexity index is 986. The summed E-state index contributed by atoms with van der Waals surface area (Å²) in [6.07, 6.45) is 3.20. The highest BCUT2D eigenvalue weighted by Gasteiger charge is 2.08. The van der Waals surface area contributed by atoms with Crippen LogP contribution in [0.1, 0.15) is 11.4 Å². The van der Waals surface area contributed by atoms with Gasteiger partial charge in [-0.05, 0) is 56.1 Å². The maximum Gasteiger partial charge on any atom is 0.159 e. The number of hydrogen-bond donors (Lipinski definition) is 1. The number of fused-ring (bicyclic) bond motifs is 1. The van der Waals surface area contributed by atoms with Crippen LogP contribution in [-0.4, -0.2) is 42.1 Å². The molecule has 1 aromatic heterocycles. The van der Waals surface area contributed by atoms with E-state index in [0.717, 1.165) is 18.7 Å². The molecule has 3 aromatic rings. The summed E-state index contributed by atoms with van der Waals surface area (Å²) >= 11 is 0. The van der Waals surface area contributed by atoms with E-state index in [4.69, 9.17) is 0 Å². The third-order valence-corrected chi connectivity index (χ3v) is 3.90. The van der Waals surface area contributed by atoms with Crippen LogP contribution in [0.25, 0.3) is 23.1 Å². The topological polar surface area (TPSA) is 41.0 Å². The van der Waals surface area contributed by atoms with E-state index in [9.17, 15) is 13.2 Å². The zero-order valence-corrected chi connectivity index (χ0v) is 15.0. The number of likely N-dealkylation sites (N-methyl/N-ethyl adjacent to an activating group) is 1. The van der Waals surface area contributed by atoms with Gasteiger partial charge in [-0.1, -0.05) is 12.1 Å². The summed E-state index contributed by atoms with van der Waals surface area (Å²) in [7, 11) is 3.91. The summed E-state index contributed by atoms with van der Waals surface area (Å²) in [4.78, 5) is 10.8. The van der Waals surface area contributed by atoms with Gasteiger partial charge in [-0.2, -0.15) is 0 Å². The minimum atomic E-state index is -0.918. The van der Waals surface area contributed by atoms with Crippen LogP contribution in [0.4, 0.5) is 19.0 Å². The van der Waals surface area contributed by atoms with Crippen LogP contribution >= 0.6 is 0 Å². The van der Waals surface area contributed by atoms with Crippen molar-refractivity contribution in [1.82, 2.24) is 14.9 Å². The van der Waals surface area contributed by atoms with Gasteiger partial charge < -0.3 is 10.2 Å². The molecule has 0 atom stereocenters. The predicted octanol–water partition coefficient (Wildman–Crippen LogP) is 4.19. The molecule has 0 bridgehead atoms. The van der Waals surface area contributed by atoms with Crippen molar-refractivity contribution in [3.8, 4) is 0 Å². The third-order valence-electron chi connectivity index (χ3n) is 3.90. The van der Waals surface area contributed by atoms with Crippen molar-refractivity contribution in [1.29, 1.82) is 0 Å². The van der Waals surface area contributed by atoms with Crippen molar-refractivity contribution in [2.24, 2.45) is 0 Å². The lowest BCUT2D eigenvalue weighted by Gasteiger charge is -2.13. The van der Waals surface area contributed by atoms with Gasteiger partial charge in [0.25, 0.3) is 0 Å². The van der Waals surface area contributed by atoms with E-state index in [1.165, 1.54) is 18.2 Å². The zero-order valence-electron chi connectivity index (χ0n) is 15.0. The van der Waals surface area contributed by atoms with Crippen LogP contribution in [-0.2, 0) is 0 Å². The lowest BCUT2D eigenvalue weighted by atomic mass is 10.2. The van der Waals surface area contributed by atoms with E-state index >= 15 is 0 Å². The average Bonchev–Trinajstić information content (AvgIpc) is 2.62. The summed E-state index contributed by atoms with van der Waals surface area (Å²) < 4.78 is 40.0. The first kappa shape index (κ1) is 18.8. The molecule has 0 radical (unpaired) electrons. The Morgan fingerprint density at radius 3 is 2.52 bits per heavy atom. The lowest BCUT2D eigenvalue weighted by Crippen LogP contribution is -2.21. The first-order valence-corrected chi connectivity index (χ1v) is 8.41. The Labute approximate surface area is 155 Å².